The first-order valence-electron chi connectivity index (χ1n) is 4.01. The van der Waals surface area contributed by atoms with Gasteiger partial charge in [0.2, 0.25) is 0 Å². The number of ether oxygens (including phenoxy) is 1. The van der Waals surface area contributed by atoms with E-state index in [1.54, 1.807) is 0 Å². The standard InChI is InChI=1S/C7H13NO3/c9-6-4-1-2-8-3-5(11-4)7(6)10/h4-10H,1-3H2. The Morgan fingerprint density at radius 3 is 2.73 bits per heavy atom. The lowest BCUT2D eigenvalue weighted by Crippen LogP contribution is -2.40. The summed E-state index contributed by atoms with van der Waals surface area (Å²) in [5.74, 6) is 0. The summed E-state index contributed by atoms with van der Waals surface area (Å²) in [7, 11) is 0. The van der Waals surface area contributed by atoms with Crippen molar-refractivity contribution in [2.24, 2.45) is 0 Å². The molecular weight excluding hydrogens is 146 g/mol. The van der Waals surface area contributed by atoms with Crippen LogP contribution in [-0.2, 0) is 4.74 Å². The van der Waals surface area contributed by atoms with Gasteiger partial charge in [-0.15, -0.1) is 0 Å². The molecule has 4 unspecified atom stereocenters. The molecule has 4 heteroatoms. The third-order valence-corrected chi connectivity index (χ3v) is 2.41. The quantitative estimate of drug-likeness (QED) is 0.401. The lowest BCUT2D eigenvalue weighted by Gasteiger charge is -2.16. The molecule has 0 saturated carbocycles. The van der Waals surface area contributed by atoms with E-state index in [2.05, 4.69) is 5.32 Å². The Bertz CT molecular complexity index is 137. The van der Waals surface area contributed by atoms with Crippen LogP contribution in [0, 0.1) is 0 Å². The number of hydrogen-bond acceptors (Lipinski definition) is 4. The summed E-state index contributed by atoms with van der Waals surface area (Å²) in [6.45, 7) is 1.51. The zero-order chi connectivity index (χ0) is 7.84. The Morgan fingerprint density at radius 1 is 1.18 bits per heavy atom. The van der Waals surface area contributed by atoms with E-state index in [1.807, 2.05) is 0 Å². The highest BCUT2D eigenvalue weighted by Gasteiger charge is 2.43. The molecule has 2 fully saturated rings. The first kappa shape index (κ1) is 7.49. The van der Waals surface area contributed by atoms with Crippen molar-refractivity contribution in [3.63, 3.8) is 0 Å². The van der Waals surface area contributed by atoms with E-state index in [-0.39, 0.29) is 12.2 Å². The average Bonchev–Trinajstić information content (AvgIpc) is 2.31. The predicted molar refractivity (Wildman–Crippen MR) is 38.2 cm³/mol. The molecule has 0 aromatic rings. The summed E-state index contributed by atoms with van der Waals surface area (Å²) in [5.41, 5.74) is 0. The van der Waals surface area contributed by atoms with Gasteiger partial charge in [-0.2, -0.15) is 0 Å². The largest absolute Gasteiger partial charge is 0.388 e. The molecule has 2 bridgehead atoms. The second-order valence-corrected chi connectivity index (χ2v) is 3.19. The van der Waals surface area contributed by atoms with E-state index in [1.165, 1.54) is 0 Å². The molecule has 3 N–H and O–H groups in total. The maximum atomic E-state index is 9.39. The number of aliphatic hydroxyl groups is 2. The van der Waals surface area contributed by atoms with Crippen LogP contribution in [0.15, 0.2) is 0 Å². The van der Waals surface area contributed by atoms with Crippen LogP contribution in [0.3, 0.4) is 0 Å². The van der Waals surface area contributed by atoms with Gasteiger partial charge in [-0.25, -0.2) is 0 Å². The van der Waals surface area contributed by atoms with E-state index in [9.17, 15) is 10.2 Å². The summed E-state index contributed by atoms with van der Waals surface area (Å²) < 4.78 is 5.38. The van der Waals surface area contributed by atoms with Crippen LogP contribution in [0.1, 0.15) is 6.42 Å². The smallest absolute Gasteiger partial charge is 0.110 e. The number of nitrogens with one attached hydrogen (secondary N) is 1. The zero-order valence-corrected chi connectivity index (χ0v) is 6.23. The minimum absolute atomic E-state index is 0.162. The molecule has 0 spiro atoms. The van der Waals surface area contributed by atoms with Gasteiger partial charge in [-0.05, 0) is 13.0 Å². The molecule has 2 saturated heterocycles. The first-order chi connectivity index (χ1) is 5.29. The van der Waals surface area contributed by atoms with Crippen LogP contribution >= 0.6 is 0 Å². The Balaban J connectivity index is 2.10. The fourth-order valence-electron chi connectivity index (χ4n) is 1.72. The van der Waals surface area contributed by atoms with Crippen molar-refractivity contribution < 1.29 is 14.9 Å². The molecule has 0 amide bonds. The third-order valence-electron chi connectivity index (χ3n) is 2.41. The van der Waals surface area contributed by atoms with Gasteiger partial charge in [0.15, 0.2) is 0 Å². The molecule has 4 nitrogen and oxygen atoms in total. The molecule has 0 radical (unpaired) electrons. The van der Waals surface area contributed by atoms with Gasteiger partial charge < -0.3 is 20.3 Å². The summed E-state index contributed by atoms with van der Waals surface area (Å²) in [4.78, 5) is 0. The van der Waals surface area contributed by atoms with Gasteiger partial charge in [0, 0.05) is 6.54 Å². The van der Waals surface area contributed by atoms with Crippen molar-refractivity contribution in [3.8, 4) is 0 Å². The van der Waals surface area contributed by atoms with Crippen LogP contribution in [0.4, 0.5) is 0 Å². The van der Waals surface area contributed by atoms with Gasteiger partial charge in [0.25, 0.3) is 0 Å². The zero-order valence-electron chi connectivity index (χ0n) is 6.23. The van der Waals surface area contributed by atoms with Crippen molar-refractivity contribution in [3.05, 3.63) is 0 Å². The minimum atomic E-state index is -0.701. The van der Waals surface area contributed by atoms with E-state index in [0.29, 0.717) is 6.54 Å². The van der Waals surface area contributed by atoms with E-state index in [0.717, 1.165) is 13.0 Å². The van der Waals surface area contributed by atoms with Gasteiger partial charge in [0.05, 0.1) is 12.2 Å². The third kappa shape index (κ3) is 1.16. The highest BCUT2D eigenvalue weighted by molar-refractivity contribution is 4.93. The van der Waals surface area contributed by atoms with E-state index >= 15 is 0 Å². The molecule has 64 valence electrons. The van der Waals surface area contributed by atoms with Crippen LogP contribution in [0.2, 0.25) is 0 Å². The van der Waals surface area contributed by atoms with Crippen LogP contribution in [0.5, 0.6) is 0 Å². The van der Waals surface area contributed by atoms with Gasteiger partial charge in [0.1, 0.15) is 12.2 Å². The molecule has 11 heavy (non-hydrogen) atoms. The number of rotatable bonds is 0. The predicted octanol–water partition coefficient (Wildman–Crippen LogP) is -1.53. The maximum Gasteiger partial charge on any atom is 0.110 e. The molecule has 2 aliphatic rings. The maximum absolute atomic E-state index is 9.39. The van der Waals surface area contributed by atoms with Gasteiger partial charge >= 0.3 is 0 Å². The number of fused-ring (bicyclic) bond motifs is 2. The monoisotopic (exact) mass is 159 g/mol. The molecular formula is C7H13NO3. The fourth-order valence-corrected chi connectivity index (χ4v) is 1.72. The first-order valence-corrected chi connectivity index (χ1v) is 4.01. The average molecular weight is 159 g/mol. The van der Waals surface area contributed by atoms with Crippen molar-refractivity contribution in [1.82, 2.24) is 5.32 Å². The number of aliphatic hydroxyl groups excluding tert-OH is 2. The summed E-state index contributed by atoms with van der Waals surface area (Å²) in [5, 5.41) is 21.9. The van der Waals surface area contributed by atoms with E-state index in [4.69, 9.17) is 4.74 Å². The lowest BCUT2D eigenvalue weighted by atomic mass is 10.0. The molecule has 0 aromatic heterocycles. The molecule has 2 heterocycles. The van der Waals surface area contributed by atoms with Crippen LogP contribution in [-0.4, -0.2) is 47.7 Å². The SMILES string of the molecule is OC1C2CCNCC(O2)C1O. The summed E-state index contributed by atoms with van der Waals surface area (Å²) >= 11 is 0. The normalized spacial score (nSPS) is 50.7. The minimum Gasteiger partial charge on any atom is -0.388 e. The molecule has 2 rings (SSSR count). The Labute approximate surface area is 65.2 Å². The molecule has 2 aliphatic heterocycles. The highest BCUT2D eigenvalue weighted by Crippen LogP contribution is 2.24. The van der Waals surface area contributed by atoms with Gasteiger partial charge in [-0.1, -0.05) is 0 Å². The fraction of sp³-hybridized carbons (Fsp3) is 1.00. The Hall–Kier alpha value is -0.160. The lowest BCUT2D eigenvalue weighted by molar-refractivity contribution is 0.0183. The molecule has 4 atom stereocenters. The summed E-state index contributed by atoms with van der Waals surface area (Å²) in [6.07, 6.45) is -0.966. The number of hydrogen-bond donors (Lipinski definition) is 3. The Morgan fingerprint density at radius 2 is 1.91 bits per heavy atom. The van der Waals surface area contributed by atoms with Gasteiger partial charge in [-0.3, -0.25) is 0 Å². The summed E-state index contributed by atoms with van der Waals surface area (Å²) in [6, 6.07) is 0. The van der Waals surface area contributed by atoms with Crippen LogP contribution < -0.4 is 5.32 Å². The molecule has 0 aromatic carbocycles. The van der Waals surface area contributed by atoms with Crippen molar-refractivity contribution >= 4 is 0 Å². The topological polar surface area (TPSA) is 61.7 Å². The second-order valence-electron chi connectivity index (χ2n) is 3.19. The van der Waals surface area contributed by atoms with Crippen LogP contribution in [0.25, 0.3) is 0 Å². The second kappa shape index (κ2) is 2.71. The van der Waals surface area contributed by atoms with Crippen molar-refractivity contribution in [2.75, 3.05) is 13.1 Å². The van der Waals surface area contributed by atoms with E-state index < -0.39 is 12.2 Å². The Kier molecular flexibility index (Phi) is 1.85. The highest BCUT2D eigenvalue weighted by atomic mass is 16.5. The van der Waals surface area contributed by atoms with Crippen molar-refractivity contribution in [2.45, 2.75) is 30.8 Å². The van der Waals surface area contributed by atoms with Crippen molar-refractivity contribution in [1.29, 1.82) is 0 Å². The molecule has 0 aliphatic carbocycles.